The normalized spacial score (nSPS) is 8.80. The Bertz CT molecular complexity index is 224. The van der Waals surface area contributed by atoms with Crippen molar-refractivity contribution < 1.29 is 15.1 Å². The van der Waals surface area contributed by atoms with Crippen LogP contribution >= 0.6 is 8.46 Å². The van der Waals surface area contributed by atoms with Crippen LogP contribution in [0.2, 0.25) is 0 Å². The lowest BCUT2D eigenvalue weighted by atomic mass is 10.3. The molecule has 1 aromatic carbocycles. The molecule has 0 spiro atoms. The Morgan fingerprint density at radius 1 is 1.40 bits per heavy atom. The highest BCUT2D eigenvalue weighted by molar-refractivity contribution is 7.34. The first-order valence-corrected chi connectivity index (χ1v) is 3.41. The van der Waals surface area contributed by atoms with Crippen molar-refractivity contribution in [3.63, 3.8) is 0 Å². The first-order chi connectivity index (χ1) is 4.33. The summed E-state index contributed by atoms with van der Waals surface area (Å²) in [6, 6.07) is 6.38. The predicted molar refractivity (Wildman–Crippen MR) is 40.4 cm³/mol. The van der Waals surface area contributed by atoms with Crippen LogP contribution in [0.5, 0.6) is 5.75 Å². The van der Waals surface area contributed by atoms with Crippen molar-refractivity contribution in [1.29, 1.82) is 0 Å². The molecule has 0 aliphatic heterocycles. The summed E-state index contributed by atoms with van der Waals surface area (Å²) in [5.74, 6) is 0.163. The van der Waals surface area contributed by atoms with Crippen molar-refractivity contribution in [1.82, 2.24) is 0 Å². The minimum absolute atomic E-state index is 0. The highest BCUT2D eigenvalue weighted by atomic mass is 31.1. The smallest absolute Gasteiger partial charge is 0.363 e. The van der Waals surface area contributed by atoms with Crippen molar-refractivity contribution in [3.8, 4) is 5.75 Å². The molecule has 0 radical (unpaired) electrons. The van der Waals surface area contributed by atoms with E-state index in [9.17, 15) is 4.57 Å². The lowest BCUT2D eigenvalue weighted by Gasteiger charge is -1.84. The van der Waals surface area contributed by atoms with E-state index in [1.807, 2.05) is 0 Å². The third kappa shape index (κ3) is 2.13. The molecule has 1 rings (SSSR count). The van der Waals surface area contributed by atoms with Gasteiger partial charge in [0.05, 0.1) is 0 Å². The maximum Gasteiger partial charge on any atom is 0.363 e. The van der Waals surface area contributed by atoms with Crippen molar-refractivity contribution in [2.45, 2.75) is 0 Å². The molecule has 0 heterocycles. The molecule has 0 aliphatic carbocycles. The highest BCUT2D eigenvalue weighted by Crippen LogP contribution is 2.06. The molecule has 0 bridgehead atoms. The van der Waals surface area contributed by atoms with Crippen LogP contribution in [-0.4, -0.2) is 10.6 Å². The largest absolute Gasteiger partial charge is 0.508 e. The number of aromatic hydroxyl groups is 1. The number of hydrogen-bond donors (Lipinski definition) is 1. The van der Waals surface area contributed by atoms with Crippen molar-refractivity contribution in [2.24, 2.45) is 0 Å². The Labute approximate surface area is 59.8 Å². The monoisotopic (exact) mass is 159 g/mol. The van der Waals surface area contributed by atoms with E-state index in [0.29, 0.717) is 5.30 Å². The average Bonchev–Trinajstić information content (AvgIpc) is 1.88. The van der Waals surface area contributed by atoms with E-state index in [0.717, 1.165) is 0 Å². The lowest BCUT2D eigenvalue weighted by molar-refractivity contribution is 0.476. The second-order valence-corrected chi connectivity index (χ2v) is 2.43. The summed E-state index contributed by atoms with van der Waals surface area (Å²) in [6.07, 6.45) is 0. The number of phenolic OH excluding ortho intramolecular Hbond substituents is 1. The molecule has 0 amide bonds. The minimum Gasteiger partial charge on any atom is -0.508 e. The zero-order valence-electron chi connectivity index (χ0n) is 5.16. The topological polar surface area (TPSA) is 68.8 Å². The van der Waals surface area contributed by atoms with Gasteiger partial charge in [-0.1, -0.05) is 10.6 Å². The number of hydrogen-bond acceptors (Lipinski definition) is 2. The van der Waals surface area contributed by atoms with E-state index in [1.165, 1.54) is 6.07 Å². The van der Waals surface area contributed by atoms with Gasteiger partial charge in [0.1, 0.15) is 5.75 Å². The molecule has 1 unspecified atom stereocenters. The summed E-state index contributed by atoms with van der Waals surface area (Å²) >= 11 is 0. The summed E-state index contributed by atoms with van der Waals surface area (Å²) in [6.45, 7) is 0. The van der Waals surface area contributed by atoms with Crippen LogP contribution in [0.25, 0.3) is 0 Å². The molecular formula is C6H8O3P+. The van der Waals surface area contributed by atoms with Gasteiger partial charge in [0, 0.05) is 6.07 Å². The molecule has 1 aromatic rings. The third-order valence-electron chi connectivity index (χ3n) is 0.964. The standard InChI is InChI=1S/C6H5O2P.H2O/c7-5-2-1-3-6(4-5)9-8;/h1-4,7H;1H2/p+1. The van der Waals surface area contributed by atoms with Crippen LogP contribution in [0.15, 0.2) is 24.3 Å². The summed E-state index contributed by atoms with van der Waals surface area (Å²) in [5, 5.41) is 9.46. The SMILES string of the molecule is O.O=[PH+]c1cccc(O)c1. The molecule has 4 heteroatoms. The Morgan fingerprint density at radius 3 is 2.50 bits per heavy atom. The van der Waals surface area contributed by atoms with E-state index in [4.69, 9.17) is 5.11 Å². The van der Waals surface area contributed by atoms with Gasteiger partial charge in [-0.3, -0.25) is 0 Å². The summed E-state index contributed by atoms with van der Waals surface area (Å²) in [5.41, 5.74) is 0. The van der Waals surface area contributed by atoms with E-state index in [1.54, 1.807) is 18.2 Å². The second kappa shape index (κ2) is 3.99. The van der Waals surface area contributed by atoms with Gasteiger partial charge < -0.3 is 10.6 Å². The first-order valence-electron chi connectivity index (χ1n) is 2.50. The van der Waals surface area contributed by atoms with Gasteiger partial charge in [-0.2, -0.15) is 0 Å². The molecule has 3 nitrogen and oxygen atoms in total. The van der Waals surface area contributed by atoms with Crippen LogP contribution in [0, 0.1) is 0 Å². The van der Waals surface area contributed by atoms with Gasteiger partial charge in [-0.05, 0) is 12.1 Å². The molecule has 0 fully saturated rings. The zero-order valence-corrected chi connectivity index (χ0v) is 6.16. The minimum atomic E-state index is -0.484. The van der Waals surface area contributed by atoms with E-state index < -0.39 is 8.46 Å². The number of rotatable bonds is 1. The fourth-order valence-electron chi connectivity index (χ4n) is 0.569. The van der Waals surface area contributed by atoms with Crippen molar-refractivity contribution in [2.75, 3.05) is 0 Å². The van der Waals surface area contributed by atoms with Crippen molar-refractivity contribution in [3.05, 3.63) is 24.3 Å². The molecule has 0 aromatic heterocycles. The number of phenols is 1. The van der Waals surface area contributed by atoms with Crippen molar-refractivity contribution >= 4 is 13.8 Å². The predicted octanol–water partition coefficient (Wildman–Crippen LogP) is 0.217. The highest BCUT2D eigenvalue weighted by Gasteiger charge is 1.97. The fourth-order valence-corrected chi connectivity index (χ4v) is 0.940. The van der Waals surface area contributed by atoms with E-state index >= 15 is 0 Å². The van der Waals surface area contributed by atoms with Gasteiger partial charge in [-0.15, -0.1) is 0 Å². The summed E-state index contributed by atoms with van der Waals surface area (Å²) in [4.78, 5) is 0. The zero-order chi connectivity index (χ0) is 6.69. The molecule has 54 valence electrons. The van der Waals surface area contributed by atoms with Gasteiger partial charge >= 0.3 is 8.46 Å². The quantitative estimate of drug-likeness (QED) is 0.595. The molecule has 1 atom stereocenters. The molecule has 0 aliphatic rings. The third-order valence-corrected chi connectivity index (χ3v) is 1.51. The fraction of sp³-hybridized carbons (Fsp3) is 0. The summed E-state index contributed by atoms with van der Waals surface area (Å²) in [7, 11) is -0.484. The van der Waals surface area contributed by atoms with Crippen LogP contribution in [0.3, 0.4) is 0 Å². The van der Waals surface area contributed by atoms with E-state index in [2.05, 4.69) is 0 Å². The van der Waals surface area contributed by atoms with Crippen LogP contribution in [0.1, 0.15) is 0 Å². The van der Waals surface area contributed by atoms with Crippen LogP contribution < -0.4 is 5.30 Å². The van der Waals surface area contributed by atoms with Crippen LogP contribution in [-0.2, 0) is 4.57 Å². The maximum atomic E-state index is 10.2. The molecular weight excluding hydrogens is 151 g/mol. The molecule has 0 saturated carbocycles. The van der Waals surface area contributed by atoms with Gasteiger partial charge in [0.25, 0.3) is 0 Å². The first kappa shape index (κ1) is 9.08. The Morgan fingerprint density at radius 2 is 2.10 bits per heavy atom. The lowest BCUT2D eigenvalue weighted by Crippen LogP contribution is -1.86. The van der Waals surface area contributed by atoms with Gasteiger partial charge in [0.15, 0.2) is 5.30 Å². The van der Waals surface area contributed by atoms with Gasteiger partial charge in [-0.25, -0.2) is 0 Å². The average molecular weight is 159 g/mol. The maximum absolute atomic E-state index is 10.2. The Balaban J connectivity index is 0.000000810. The Hall–Kier alpha value is -0.920. The second-order valence-electron chi connectivity index (χ2n) is 1.65. The molecule has 10 heavy (non-hydrogen) atoms. The van der Waals surface area contributed by atoms with Gasteiger partial charge in [0.2, 0.25) is 0 Å². The Kier molecular flexibility index (Phi) is 3.62. The summed E-state index contributed by atoms with van der Waals surface area (Å²) < 4.78 is 10.2. The number of benzene rings is 1. The van der Waals surface area contributed by atoms with E-state index in [-0.39, 0.29) is 11.2 Å². The molecule has 0 saturated heterocycles. The van der Waals surface area contributed by atoms with Crippen LogP contribution in [0.4, 0.5) is 0 Å². The molecule has 3 N–H and O–H groups in total.